The van der Waals surface area contributed by atoms with Crippen LogP contribution in [0.5, 0.6) is 0 Å². The summed E-state index contributed by atoms with van der Waals surface area (Å²) in [6.07, 6.45) is -1.87. The van der Waals surface area contributed by atoms with E-state index in [4.69, 9.17) is 5.11 Å². The summed E-state index contributed by atoms with van der Waals surface area (Å²) in [4.78, 5) is 26.4. The van der Waals surface area contributed by atoms with Gasteiger partial charge in [-0.2, -0.15) is 0 Å². The van der Waals surface area contributed by atoms with Gasteiger partial charge in [0.05, 0.1) is 18.6 Å². The van der Waals surface area contributed by atoms with E-state index >= 15 is 0 Å². The summed E-state index contributed by atoms with van der Waals surface area (Å²) in [5, 5.41) is 11.4. The third-order valence-corrected chi connectivity index (χ3v) is 4.75. The van der Waals surface area contributed by atoms with Crippen LogP contribution in [0.4, 0.5) is 13.6 Å². The lowest BCUT2D eigenvalue weighted by Gasteiger charge is -2.38. The second-order valence-corrected chi connectivity index (χ2v) is 6.68. The van der Waals surface area contributed by atoms with Gasteiger partial charge in [0, 0.05) is 32.5 Å². The summed E-state index contributed by atoms with van der Waals surface area (Å²) in [6.45, 7) is 0.671. The molecule has 0 saturated carbocycles. The number of nitrogens with one attached hydrogen (secondary N) is 1. The third kappa shape index (κ3) is 4.25. The number of carboxylic acid groups (broad SMARTS) is 1. The van der Waals surface area contributed by atoms with E-state index in [1.54, 1.807) is 0 Å². The monoisotopic (exact) mass is 353 g/mol. The average molecular weight is 353 g/mol. The first-order valence-corrected chi connectivity index (χ1v) is 8.27. The smallest absolute Gasteiger partial charge is 0.404 e. The molecule has 1 aromatic carbocycles. The number of halogens is 2. The molecule has 3 rings (SSSR count). The van der Waals surface area contributed by atoms with E-state index in [-0.39, 0.29) is 12.3 Å². The maximum atomic E-state index is 13.8. The van der Waals surface area contributed by atoms with Crippen molar-refractivity contribution in [2.75, 3.05) is 19.6 Å². The number of hydrogen-bond donors (Lipinski definition) is 2. The normalized spacial score (nSPS) is 26.6. The minimum Gasteiger partial charge on any atom is -0.465 e. The summed E-state index contributed by atoms with van der Waals surface area (Å²) in [5.74, 6) is -3.26. The van der Waals surface area contributed by atoms with Crippen molar-refractivity contribution in [1.82, 2.24) is 15.1 Å². The Morgan fingerprint density at radius 2 is 2.00 bits per heavy atom. The van der Waals surface area contributed by atoms with Crippen LogP contribution in [0.15, 0.2) is 30.3 Å². The minimum atomic E-state index is -2.92. The van der Waals surface area contributed by atoms with Gasteiger partial charge in [0.1, 0.15) is 0 Å². The number of piperidine rings is 1. The SMILES string of the molecule is O=C(O)N[C@H]1CN(Cc2ccccc2)C[C@H]1N1CC(F)(F)CCC1=O. The van der Waals surface area contributed by atoms with Crippen LogP contribution in [0.3, 0.4) is 0 Å². The second-order valence-electron chi connectivity index (χ2n) is 6.68. The highest BCUT2D eigenvalue weighted by atomic mass is 19.3. The molecule has 2 amide bonds. The zero-order valence-corrected chi connectivity index (χ0v) is 13.7. The lowest BCUT2D eigenvalue weighted by molar-refractivity contribution is -0.151. The molecule has 6 nitrogen and oxygen atoms in total. The zero-order chi connectivity index (χ0) is 18.0. The maximum absolute atomic E-state index is 13.8. The summed E-state index contributed by atoms with van der Waals surface area (Å²) >= 11 is 0. The number of amides is 2. The quantitative estimate of drug-likeness (QED) is 0.865. The summed E-state index contributed by atoms with van der Waals surface area (Å²) in [6, 6.07) is 8.45. The molecule has 2 atom stereocenters. The largest absolute Gasteiger partial charge is 0.465 e. The molecule has 1 aromatic rings. The number of carbonyl (C=O) groups excluding carboxylic acids is 1. The second kappa shape index (κ2) is 6.95. The van der Waals surface area contributed by atoms with Crippen molar-refractivity contribution in [3.63, 3.8) is 0 Å². The fraction of sp³-hybridized carbons (Fsp3) is 0.529. The van der Waals surface area contributed by atoms with Crippen LogP contribution in [0, 0.1) is 0 Å². The predicted octanol–water partition coefficient (Wildman–Crippen LogP) is 1.76. The van der Waals surface area contributed by atoms with Crippen molar-refractivity contribution in [2.24, 2.45) is 0 Å². The van der Waals surface area contributed by atoms with E-state index in [1.807, 2.05) is 35.2 Å². The van der Waals surface area contributed by atoms with E-state index in [1.165, 1.54) is 0 Å². The van der Waals surface area contributed by atoms with E-state index in [2.05, 4.69) is 5.32 Å². The van der Waals surface area contributed by atoms with Gasteiger partial charge in [0.15, 0.2) is 0 Å². The Hall–Kier alpha value is -2.22. The summed E-state index contributed by atoms with van der Waals surface area (Å²) in [5.41, 5.74) is 1.05. The molecule has 0 bridgehead atoms. The lowest BCUT2D eigenvalue weighted by atomic mass is 10.0. The average Bonchev–Trinajstić information content (AvgIpc) is 2.92. The molecule has 2 saturated heterocycles. The lowest BCUT2D eigenvalue weighted by Crippen LogP contribution is -2.57. The van der Waals surface area contributed by atoms with Crippen LogP contribution in [0.25, 0.3) is 0 Å². The van der Waals surface area contributed by atoms with Crippen molar-refractivity contribution in [3.05, 3.63) is 35.9 Å². The van der Waals surface area contributed by atoms with E-state index in [0.29, 0.717) is 19.6 Å². The molecular weight excluding hydrogens is 332 g/mol. The number of benzene rings is 1. The molecule has 2 heterocycles. The van der Waals surface area contributed by atoms with Gasteiger partial charge in [0.25, 0.3) is 5.92 Å². The molecule has 0 spiro atoms. The Balaban J connectivity index is 1.75. The Kier molecular flexibility index (Phi) is 4.89. The van der Waals surface area contributed by atoms with E-state index in [0.717, 1.165) is 10.5 Å². The molecule has 2 fully saturated rings. The first-order chi connectivity index (χ1) is 11.8. The summed E-state index contributed by atoms with van der Waals surface area (Å²) < 4.78 is 27.5. The Morgan fingerprint density at radius 1 is 1.28 bits per heavy atom. The van der Waals surface area contributed by atoms with Gasteiger partial charge < -0.3 is 15.3 Å². The van der Waals surface area contributed by atoms with Crippen molar-refractivity contribution in [3.8, 4) is 0 Å². The molecule has 136 valence electrons. The fourth-order valence-electron chi connectivity index (χ4n) is 3.61. The predicted molar refractivity (Wildman–Crippen MR) is 86.3 cm³/mol. The number of nitrogens with zero attached hydrogens (tertiary/aromatic N) is 2. The van der Waals surface area contributed by atoms with Gasteiger partial charge in [-0.15, -0.1) is 0 Å². The first kappa shape index (κ1) is 17.6. The minimum absolute atomic E-state index is 0.206. The Morgan fingerprint density at radius 3 is 2.68 bits per heavy atom. The van der Waals surface area contributed by atoms with Crippen molar-refractivity contribution in [1.29, 1.82) is 0 Å². The fourth-order valence-corrected chi connectivity index (χ4v) is 3.61. The maximum Gasteiger partial charge on any atom is 0.404 e. The van der Waals surface area contributed by atoms with Crippen molar-refractivity contribution >= 4 is 12.0 Å². The number of alkyl halides is 2. The summed E-state index contributed by atoms with van der Waals surface area (Å²) in [7, 11) is 0. The molecule has 0 radical (unpaired) electrons. The highest BCUT2D eigenvalue weighted by Crippen LogP contribution is 2.31. The number of rotatable bonds is 4. The molecule has 0 aromatic heterocycles. The van der Waals surface area contributed by atoms with Gasteiger partial charge in [-0.3, -0.25) is 9.69 Å². The molecule has 0 unspecified atom stereocenters. The van der Waals surface area contributed by atoms with Gasteiger partial charge >= 0.3 is 6.09 Å². The van der Waals surface area contributed by atoms with Crippen LogP contribution in [0.1, 0.15) is 18.4 Å². The third-order valence-electron chi connectivity index (χ3n) is 4.75. The van der Waals surface area contributed by atoms with Gasteiger partial charge in [-0.1, -0.05) is 30.3 Å². The van der Waals surface area contributed by atoms with Crippen LogP contribution < -0.4 is 5.32 Å². The molecule has 2 aliphatic heterocycles. The molecular formula is C17H21F2N3O3. The molecule has 0 aliphatic carbocycles. The Bertz CT molecular complexity index is 641. The topological polar surface area (TPSA) is 72.9 Å². The first-order valence-electron chi connectivity index (χ1n) is 8.27. The molecule has 8 heteroatoms. The Labute approximate surface area is 144 Å². The standard InChI is InChI=1S/C17H21F2N3O3/c18-17(19)7-6-15(23)22(11-17)14-10-21(9-13(14)20-16(24)25)8-12-4-2-1-3-5-12/h1-5,13-14,20H,6-11H2,(H,24,25)/t13-,14+/m0/s1. The van der Waals surface area contributed by atoms with E-state index in [9.17, 15) is 18.4 Å². The van der Waals surface area contributed by atoms with Gasteiger partial charge in [-0.25, -0.2) is 13.6 Å². The molecule has 2 aliphatic rings. The van der Waals surface area contributed by atoms with Gasteiger partial charge in [0.2, 0.25) is 5.91 Å². The number of carbonyl (C=O) groups is 2. The van der Waals surface area contributed by atoms with Crippen LogP contribution in [-0.4, -0.2) is 64.5 Å². The van der Waals surface area contributed by atoms with Gasteiger partial charge in [-0.05, 0) is 5.56 Å². The number of likely N-dealkylation sites (tertiary alicyclic amines) is 2. The highest BCUT2D eigenvalue weighted by molar-refractivity contribution is 5.78. The van der Waals surface area contributed by atoms with E-state index < -0.39 is 37.1 Å². The zero-order valence-electron chi connectivity index (χ0n) is 13.7. The number of hydrogen-bond acceptors (Lipinski definition) is 3. The van der Waals surface area contributed by atoms with Crippen LogP contribution in [-0.2, 0) is 11.3 Å². The highest BCUT2D eigenvalue weighted by Gasteiger charge is 2.46. The molecule has 25 heavy (non-hydrogen) atoms. The van der Waals surface area contributed by atoms with Crippen LogP contribution in [0.2, 0.25) is 0 Å². The molecule has 2 N–H and O–H groups in total. The van der Waals surface area contributed by atoms with Crippen molar-refractivity contribution < 1.29 is 23.5 Å². The van der Waals surface area contributed by atoms with Crippen molar-refractivity contribution in [2.45, 2.75) is 37.4 Å². The van der Waals surface area contributed by atoms with Crippen LogP contribution >= 0.6 is 0 Å².